The highest BCUT2D eigenvalue weighted by Gasteiger charge is 2.63. The maximum atomic E-state index is 9.81. The lowest BCUT2D eigenvalue weighted by atomic mass is 9.80. The van der Waals surface area contributed by atoms with E-state index in [0.29, 0.717) is 11.8 Å². The third-order valence-electron chi connectivity index (χ3n) is 4.22. The van der Waals surface area contributed by atoms with Crippen LogP contribution in [0.3, 0.4) is 0 Å². The van der Waals surface area contributed by atoms with Gasteiger partial charge in [0.25, 0.3) is 0 Å². The van der Waals surface area contributed by atoms with Crippen LogP contribution in [0.25, 0.3) is 0 Å². The summed E-state index contributed by atoms with van der Waals surface area (Å²) in [5.41, 5.74) is 0.0293. The summed E-state index contributed by atoms with van der Waals surface area (Å²) in [6.07, 6.45) is 2.41. The van der Waals surface area contributed by atoms with E-state index in [1.54, 1.807) is 0 Å². The van der Waals surface area contributed by atoms with Crippen molar-refractivity contribution < 1.29 is 9.84 Å². The second-order valence-corrected chi connectivity index (χ2v) is 5.18. The average Bonchev–Trinajstić information content (AvgIpc) is 2.54. The zero-order chi connectivity index (χ0) is 8.51. The van der Waals surface area contributed by atoms with Gasteiger partial charge in [0.15, 0.2) is 0 Å². The number of rotatable bonds is 0. The monoisotopic (exact) mass is 168 g/mol. The number of aliphatic hydroxyl groups is 1. The minimum atomic E-state index is -0.159. The van der Waals surface area contributed by atoms with Crippen molar-refractivity contribution in [3.8, 4) is 0 Å². The van der Waals surface area contributed by atoms with Gasteiger partial charge in [-0.15, -0.1) is 0 Å². The van der Waals surface area contributed by atoms with E-state index in [1.165, 1.54) is 12.8 Å². The van der Waals surface area contributed by atoms with Gasteiger partial charge in [-0.05, 0) is 44.4 Å². The van der Waals surface area contributed by atoms with Crippen molar-refractivity contribution in [1.29, 1.82) is 0 Å². The predicted octanol–water partition coefficient (Wildman–Crippen LogP) is 1.18. The van der Waals surface area contributed by atoms with Crippen molar-refractivity contribution in [2.75, 3.05) is 0 Å². The number of hydrogen-bond acceptors (Lipinski definition) is 2. The maximum absolute atomic E-state index is 9.81. The highest BCUT2D eigenvalue weighted by Crippen LogP contribution is 2.59. The van der Waals surface area contributed by atoms with Gasteiger partial charge < -0.3 is 9.84 Å². The van der Waals surface area contributed by atoms with Crippen LogP contribution in [-0.2, 0) is 4.74 Å². The summed E-state index contributed by atoms with van der Waals surface area (Å²) in [6.45, 7) is 4.34. The lowest BCUT2D eigenvalue weighted by Gasteiger charge is -2.24. The molecule has 2 aliphatic carbocycles. The number of ether oxygens (including phenoxy) is 1. The number of aliphatic hydroxyl groups excluding tert-OH is 1. The molecule has 12 heavy (non-hydrogen) atoms. The van der Waals surface area contributed by atoms with E-state index in [0.717, 1.165) is 5.92 Å². The zero-order valence-electron chi connectivity index (χ0n) is 7.66. The van der Waals surface area contributed by atoms with Gasteiger partial charge in [-0.2, -0.15) is 0 Å². The molecule has 3 aliphatic rings. The summed E-state index contributed by atoms with van der Waals surface area (Å²) in [5, 5.41) is 9.81. The first kappa shape index (κ1) is 7.34. The molecular formula is C10H16O2. The molecule has 1 aliphatic heterocycles. The molecule has 0 aromatic heterocycles. The van der Waals surface area contributed by atoms with Gasteiger partial charge in [0, 0.05) is 0 Å². The van der Waals surface area contributed by atoms with Crippen LogP contribution in [-0.4, -0.2) is 22.9 Å². The predicted molar refractivity (Wildman–Crippen MR) is 44.7 cm³/mol. The van der Waals surface area contributed by atoms with Crippen molar-refractivity contribution in [2.45, 2.75) is 44.5 Å². The Morgan fingerprint density at radius 1 is 1.33 bits per heavy atom. The average molecular weight is 168 g/mol. The Morgan fingerprint density at radius 3 is 2.67 bits per heavy atom. The Hall–Kier alpha value is -0.0800. The summed E-state index contributed by atoms with van der Waals surface area (Å²) >= 11 is 0. The molecule has 4 unspecified atom stereocenters. The molecule has 5 atom stereocenters. The Balaban J connectivity index is 2.00. The fraction of sp³-hybridized carbons (Fsp3) is 1.00. The molecule has 2 bridgehead atoms. The molecule has 0 spiro atoms. The minimum absolute atomic E-state index is 0.0293. The largest absolute Gasteiger partial charge is 0.390 e. The summed E-state index contributed by atoms with van der Waals surface area (Å²) in [6, 6.07) is 0. The summed E-state index contributed by atoms with van der Waals surface area (Å²) in [5.74, 6) is 1.93. The smallest absolute Gasteiger partial charge is 0.0875 e. The SMILES string of the molecule is CC1(C)OC2C3CC(CC31)[C@H]2O. The van der Waals surface area contributed by atoms with E-state index in [9.17, 15) is 5.11 Å². The second kappa shape index (κ2) is 1.88. The van der Waals surface area contributed by atoms with E-state index in [4.69, 9.17) is 4.74 Å². The third kappa shape index (κ3) is 0.647. The lowest BCUT2D eigenvalue weighted by molar-refractivity contribution is -0.0677. The van der Waals surface area contributed by atoms with E-state index in [-0.39, 0.29) is 17.8 Å². The lowest BCUT2D eigenvalue weighted by Crippen LogP contribution is -2.31. The van der Waals surface area contributed by atoms with Gasteiger partial charge in [-0.25, -0.2) is 0 Å². The topological polar surface area (TPSA) is 29.5 Å². The van der Waals surface area contributed by atoms with Gasteiger partial charge in [-0.1, -0.05) is 0 Å². The van der Waals surface area contributed by atoms with Crippen LogP contribution < -0.4 is 0 Å². The van der Waals surface area contributed by atoms with Crippen LogP contribution >= 0.6 is 0 Å². The molecule has 1 heterocycles. The first-order valence-electron chi connectivity index (χ1n) is 4.95. The molecule has 1 saturated heterocycles. The quantitative estimate of drug-likeness (QED) is 0.588. The van der Waals surface area contributed by atoms with E-state index in [1.807, 2.05) is 0 Å². The molecule has 0 aromatic carbocycles. The molecule has 0 amide bonds. The van der Waals surface area contributed by atoms with Gasteiger partial charge >= 0.3 is 0 Å². The van der Waals surface area contributed by atoms with Gasteiger partial charge in [0.2, 0.25) is 0 Å². The fourth-order valence-electron chi connectivity index (χ4n) is 3.67. The first-order valence-corrected chi connectivity index (χ1v) is 4.95. The standard InChI is InChI=1S/C10H16O2/c1-10(2)7-4-5-3-6(7)9(12-10)8(5)11/h5-9,11H,3-4H2,1-2H3/t5?,6?,7?,8-,9?/m1/s1. The van der Waals surface area contributed by atoms with Gasteiger partial charge in [0.1, 0.15) is 0 Å². The molecule has 0 radical (unpaired) electrons. The second-order valence-electron chi connectivity index (χ2n) is 5.18. The Morgan fingerprint density at radius 2 is 2.08 bits per heavy atom. The molecule has 2 nitrogen and oxygen atoms in total. The Bertz CT molecular complexity index is 224. The van der Waals surface area contributed by atoms with Crippen LogP contribution in [0.5, 0.6) is 0 Å². The van der Waals surface area contributed by atoms with Crippen molar-refractivity contribution in [3.05, 3.63) is 0 Å². The molecule has 68 valence electrons. The van der Waals surface area contributed by atoms with E-state index >= 15 is 0 Å². The normalized spacial score (nSPS) is 59.8. The molecular weight excluding hydrogens is 152 g/mol. The highest BCUT2D eigenvalue weighted by molar-refractivity contribution is 5.11. The van der Waals surface area contributed by atoms with Gasteiger partial charge in [0.05, 0.1) is 17.8 Å². The van der Waals surface area contributed by atoms with Crippen molar-refractivity contribution in [2.24, 2.45) is 17.8 Å². The summed E-state index contributed by atoms with van der Waals surface area (Å²) in [4.78, 5) is 0. The van der Waals surface area contributed by atoms with Crippen LogP contribution in [0.15, 0.2) is 0 Å². The minimum Gasteiger partial charge on any atom is -0.390 e. The van der Waals surface area contributed by atoms with E-state index in [2.05, 4.69) is 13.8 Å². The zero-order valence-corrected chi connectivity index (χ0v) is 7.66. The first-order chi connectivity index (χ1) is 5.59. The molecule has 2 saturated carbocycles. The third-order valence-corrected chi connectivity index (χ3v) is 4.22. The Kier molecular flexibility index (Phi) is 1.15. The van der Waals surface area contributed by atoms with Crippen LogP contribution in [0.2, 0.25) is 0 Å². The maximum Gasteiger partial charge on any atom is 0.0875 e. The Labute approximate surface area is 72.9 Å². The van der Waals surface area contributed by atoms with Crippen molar-refractivity contribution in [3.63, 3.8) is 0 Å². The molecule has 3 fully saturated rings. The fourth-order valence-corrected chi connectivity index (χ4v) is 3.67. The molecule has 1 N–H and O–H groups in total. The van der Waals surface area contributed by atoms with Crippen LogP contribution in [0.1, 0.15) is 26.7 Å². The molecule has 0 aromatic rings. The number of fused-ring (bicyclic) bond motifs is 1. The summed E-state index contributed by atoms with van der Waals surface area (Å²) < 4.78 is 5.89. The van der Waals surface area contributed by atoms with E-state index < -0.39 is 0 Å². The van der Waals surface area contributed by atoms with Crippen molar-refractivity contribution >= 4 is 0 Å². The molecule has 3 rings (SSSR count). The van der Waals surface area contributed by atoms with Crippen LogP contribution in [0.4, 0.5) is 0 Å². The molecule has 2 heteroatoms. The highest BCUT2D eigenvalue weighted by atomic mass is 16.5. The summed E-state index contributed by atoms with van der Waals surface area (Å²) in [7, 11) is 0. The van der Waals surface area contributed by atoms with Gasteiger partial charge in [-0.3, -0.25) is 0 Å². The van der Waals surface area contributed by atoms with Crippen molar-refractivity contribution in [1.82, 2.24) is 0 Å². The number of hydrogen-bond donors (Lipinski definition) is 1. The van der Waals surface area contributed by atoms with Crippen LogP contribution in [0, 0.1) is 17.8 Å².